The summed E-state index contributed by atoms with van der Waals surface area (Å²) in [5.74, 6) is -0.502. The van der Waals surface area contributed by atoms with E-state index < -0.39 is 10.0 Å². The standard InChI is InChI=1S/C25H24ClN3O4S/c26-20-7-5-10-22(17-20)28-34(32,33)23-11-4-6-19(16-23)25(31)29-14-12-18(13-15-29)24(30)27-21-8-2-1-3-9-21/h1-11,16-18,28H,12-15H2,(H,27,30). The van der Waals surface area contributed by atoms with Gasteiger partial charge in [0.05, 0.1) is 10.6 Å². The maximum atomic E-state index is 13.0. The Kier molecular flexibility index (Phi) is 7.19. The minimum Gasteiger partial charge on any atom is -0.339 e. The van der Waals surface area contributed by atoms with Gasteiger partial charge in [-0.1, -0.05) is 41.9 Å². The predicted octanol–water partition coefficient (Wildman–Crippen LogP) is 4.63. The van der Waals surface area contributed by atoms with E-state index in [1.165, 1.54) is 18.2 Å². The van der Waals surface area contributed by atoms with Crippen LogP contribution >= 0.6 is 11.6 Å². The maximum Gasteiger partial charge on any atom is 0.261 e. The van der Waals surface area contributed by atoms with Gasteiger partial charge in [-0.25, -0.2) is 8.42 Å². The fourth-order valence-corrected chi connectivity index (χ4v) is 5.14. The quantitative estimate of drug-likeness (QED) is 0.519. The summed E-state index contributed by atoms with van der Waals surface area (Å²) in [4.78, 5) is 27.2. The Hall–Kier alpha value is -3.36. The first-order valence-corrected chi connectivity index (χ1v) is 12.7. The first-order chi connectivity index (χ1) is 16.3. The molecular weight excluding hydrogens is 474 g/mol. The molecule has 0 radical (unpaired) electrons. The summed E-state index contributed by atoms with van der Waals surface area (Å²) in [6.45, 7) is 0.840. The van der Waals surface area contributed by atoms with E-state index in [0.29, 0.717) is 36.6 Å². The number of nitrogens with zero attached hydrogens (tertiary/aromatic N) is 1. The predicted molar refractivity (Wildman–Crippen MR) is 132 cm³/mol. The molecule has 0 aromatic heterocycles. The van der Waals surface area contributed by atoms with Crippen molar-refractivity contribution in [2.75, 3.05) is 23.1 Å². The Morgan fingerprint density at radius 2 is 1.53 bits per heavy atom. The molecule has 1 aliphatic heterocycles. The number of hydrogen-bond donors (Lipinski definition) is 2. The van der Waals surface area contributed by atoms with Crippen LogP contribution in [0.25, 0.3) is 0 Å². The topological polar surface area (TPSA) is 95.6 Å². The van der Waals surface area contributed by atoms with Gasteiger partial charge >= 0.3 is 0 Å². The van der Waals surface area contributed by atoms with Crippen LogP contribution in [0.4, 0.5) is 11.4 Å². The number of carbonyl (C=O) groups is 2. The van der Waals surface area contributed by atoms with E-state index in [2.05, 4.69) is 10.0 Å². The second-order valence-electron chi connectivity index (χ2n) is 8.07. The van der Waals surface area contributed by atoms with Crippen molar-refractivity contribution in [3.63, 3.8) is 0 Å². The Morgan fingerprint density at radius 3 is 2.24 bits per heavy atom. The lowest BCUT2D eigenvalue weighted by Crippen LogP contribution is -2.41. The summed E-state index contributed by atoms with van der Waals surface area (Å²) in [7, 11) is -3.90. The molecule has 176 valence electrons. The van der Waals surface area contributed by atoms with E-state index >= 15 is 0 Å². The molecule has 4 rings (SSSR count). The lowest BCUT2D eigenvalue weighted by Gasteiger charge is -2.31. The van der Waals surface area contributed by atoms with Crippen LogP contribution in [0.15, 0.2) is 83.8 Å². The number of para-hydroxylation sites is 1. The Morgan fingerprint density at radius 1 is 0.853 bits per heavy atom. The molecule has 0 unspecified atom stereocenters. The maximum absolute atomic E-state index is 13.0. The van der Waals surface area contributed by atoms with Crippen LogP contribution in [0.5, 0.6) is 0 Å². The number of benzene rings is 3. The van der Waals surface area contributed by atoms with Crippen molar-refractivity contribution >= 4 is 44.8 Å². The monoisotopic (exact) mass is 497 g/mol. The van der Waals surface area contributed by atoms with Crippen molar-refractivity contribution in [3.05, 3.63) is 89.4 Å². The van der Waals surface area contributed by atoms with Crippen molar-refractivity contribution in [1.29, 1.82) is 0 Å². The van der Waals surface area contributed by atoms with Crippen LogP contribution in [0.1, 0.15) is 23.2 Å². The van der Waals surface area contributed by atoms with Gasteiger partial charge in [0.1, 0.15) is 0 Å². The van der Waals surface area contributed by atoms with E-state index in [-0.39, 0.29) is 28.2 Å². The first-order valence-electron chi connectivity index (χ1n) is 10.9. The van der Waals surface area contributed by atoms with Crippen LogP contribution in [0.2, 0.25) is 5.02 Å². The molecule has 2 N–H and O–H groups in total. The van der Waals surface area contributed by atoms with Gasteiger partial charge in [0.15, 0.2) is 0 Å². The van der Waals surface area contributed by atoms with Crippen LogP contribution < -0.4 is 10.0 Å². The van der Waals surface area contributed by atoms with Gasteiger partial charge in [0.2, 0.25) is 5.91 Å². The molecule has 0 bridgehead atoms. The highest BCUT2D eigenvalue weighted by Crippen LogP contribution is 2.23. The average molecular weight is 498 g/mol. The SMILES string of the molecule is O=C(Nc1ccccc1)C1CCN(C(=O)c2cccc(S(=O)(=O)Nc3cccc(Cl)c3)c2)CC1. The summed E-state index contributed by atoms with van der Waals surface area (Å²) in [6, 6.07) is 21.6. The van der Waals surface area contributed by atoms with Crippen LogP contribution in [-0.2, 0) is 14.8 Å². The number of rotatable bonds is 6. The molecule has 1 heterocycles. The fraction of sp³-hybridized carbons (Fsp3) is 0.200. The van der Waals surface area contributed by atoms with E-state index in [1.54, 1.807) is 35.2 Å². The van der Waals surface area contributed by atoms with Gasteiger partial charge in [-0.2, -0.15) is 0 Å². The number of nitrogens with one attached hydrogen (secondary N) is 2. The zero-order valence-corrected chi connectivity index (χ0v) is 19.9. The second-order valence-corrected chi connectivity index (χ2v) is 10.2. The normalized spacial score (nSPS) is 14.4. The van der Waals surface area contributed by atoms with E-state index in [1.807, 2.05) is 30.3 Å². The van der Waals surface area contributed by atoms with Crippen molar-refractivity contribution in [2.45, 2.75) is 17.7 Å². The molecule has 1 saturated heterocycles. The number of sulfonamides is 1. The number of hydrogen-bond acceptors (Lipinski definition) is 4. The molecule has 1 fully saturated rings. The van der Waals surface area contributed by atoms with Crippen molar-refractivity contribution < 1.29 is 18.0 Å². The van der Waals surface area contributed by atoms with Crippen LogP contribution in [0.3, 0.4) is 0 Å². The minimum absolute atomic E-state index is 0.0181. The molecule has 3 aromatic rings. The molecule has 0 aliphatic carbocycles. The summed E-state index contributed by atoms with van der Waals surface area (Å²) in [5, 5.41) is 3.32. The van der Waals surface area contributed by atoms with Crippen molar-refractivity contribution in [3.8, 4) is 0 Å². The van der Waals surface area contributed by atoms with Gasteiger partial charge < -0.3 is 10.2 Å². The molecule has 0 spiro atoms. The largest absolute Gasteiger partial charge is 0.339 e. The third-order valence-corrected chi connectivity index (χ3v) is 7.28. The lowest BCUT2D eigenvalue weighted by molar-refractivity contribution is -0.121. The molecule has 2 amide bonds. The smallest absolute Gasteiger partial charge is 0.261 e. The Bertz CT molecular complexity index is 1290. The lowest BCUT2D eigenvalue weighted by atomic mass is 9.95. The number of piperidine rings is 1. The highest BCUT2D eigenvalue weighted by Gasteiger charge is 2.28. The fourth-order valence-electron chi connectivity index (χ4n) is 3.86. The summed E-state index contributed by atoms with van der Waals surface area (Å²) < 4.78 is 28.1. The summed E-state index contributed by atoms with van der Waals surface area (Å²) >= 11 is 5.93. The molecule has 34 heavy (non-hydrogen) atoms. The molecule has 3 aromatic carbocycles. The van der Waals surface area contributed by atoms with E-state index in [0.717, 1.165) is 5.69 Å². The number of carbonyl (C=O) groups excluding carboxylic acids is 2. The van der Waals surface area contributed by atoms with Crippen LogP contribution in [-0.4, -0.2) is 38.2 Å². The van der Waals surface area contributed by atoms with Gasteiger partial charge in [-0.15, -0.1) is 0 Å². The Balaban J connectivity index is 1.39. The summed E-state index contributed by atoms with van der Waals surface area (Å²) in [6.07, 6.45) is 1.08. The van der Waals surface area contributed by atoms with Crippen molar-refractivity contribution in [2.24, 2.45) is 5.92 Å². The van der Waals surface area contributed by atoms with Gasteiger partial charge in [0.25, 0.3) is 15.9 Å². The first kappa shape index (κ1) is 23.8. The Labute approximate surface area is 203 Å². The molecule has 0 atom stereocenters. The minimum atomic E-state index is -3.90. The van der Waals surface area contributed by atoms with Gasteiger partial charge in [-0.3, -0.25) is 14.3 Å². The molecule has 1 aliphatic rings. The zero-order chi connectivity index (χ0) is 24.1. The molecule has 7 nitrogen and oxygen atoms in total. The van der Waals surface area contributed by atoms with E-state index in [9.17, 15) is 18.0 Å². The zero-order valence-electron chi connectivity index (χ0n) is 18.3. The summed E-state index contributed by atoms with van der Waals surface area (Å²) in [5.41, 5.74) is 1.36. The number of likely N-dealkylation sites (tertiary alicyclic amines) is 1. The second kappa shape index (κ2) is 10.3. The number of anilines is 2. The molecular formula is C25H24ClN3O4S. The average Bonchev–Trinajstić information content (AvgIpc) is 2.84. The molecule has 9 heteroatoms. The van der Waals surface area contributed by atoms with Crippen LogP contribution in [0, 0.1) is 5.92 Å². The van der Waals surface area contributed by atoms with Gasteiger partial charge in [0, 0.05) is 35.3 Å². The number of amides is 2. The van der Waals surface area contributed by atoms with Gasteiger partial charge in [-0.05, 0) is 61.4 Å². The number of halogens is 1. The highest BCUT2D eigenvalue weighted by atomic mass is 35.5. The molecule has 0 saturated carbocycles. The van der Waals surface area contributed by atoms with E-state index in [4.69, 9.17) is 11.6 Å². The van der Waals surface area contributed by atoms with Crippen molar-refractivity contribution in [1.82, 2.24) is 4.90 Å². The third kappa shape index (κ3) is 5.76. The highest BCUT2D eigenvalue weighted by molar-refractivity contribution is 7.92. The third-order valence-electron chi connectivity index (χ3n) is 5.66.